The van der Waals surface area contributed by atoms with Gasteiger partial charge in [0.25, 0.3) is 0 Å². The number of nitrogens with zero attached hydrogens (tertiary/aromatic N) is 1. The molecule has 0 spiro atoms. The summed E-state index contributed by atoms with van der Waals surface area (Å²) in [6, 6.07) is 6.03. The number of nitrogens with one attached hydrogen (secondary N) is 1. The van der Waals surface area contributed by atoms with Gasteiger partial charge in [-0.25, -0.2) is 0 Å². The molecule has 2 aromatic rings. The molecule has 96 valence electrons. The first-order chi connectivity index (χ1) is 8.74. The summed E-state index contributed by atoms with van der Waals surface area (Å²) in [6.07, 6.45) is 2.91. The van der Waals surface area contributed by atoms with E-state index in [4.69, 9.17) is 9.47 Å². The molecule has 0 aliphatic rings. The molecule has 0 bridgehead atoms. The zero-order chi connectivity index (χ0) is 13.0. The van der Waals surface area contributed by atoms with Gasteiger partial charge in [-0.05, 0) is 30.2 Å². The lowest BCUT2D eigenvalue weighted by molar-refractivity contribution is 0.397. The number of aromatic nitrogens is 1. The molecule has 4 heteroatoms. The van der Waals surface area contributed by atoms with Gasteiger partial charge >= 0.3 is 0 Å². The molecule has 1 aromatic heterocycles. The number of hydrogen-bond acceptors (Lipinski definition) is 3. The minimum absolute atomic E-state index is 0.715. The molecule has 0 radical (unpaired) electrons. The van der Waals surface area contributed by atoms with Crippen LogP contribution < -0.4 is 4.74 Å². The molecule has 1 N–H and O–H groups in total. The van der Waals surface area contributed by atoms with Crippen molar-refractivity contribution in [2.45, 2.75) is 13.3 Å². The molecule has 0 unspecified atom stereocenters. The van der Waals surface area contributed by atoms with E-state index in [-0.39, 0.29) is 0 Å². The Morgan fingerprint density at radius 3 is 2.89 bits per heavy atom. The standard InChI is InChI=1S/C14H18N2O2/c1-10(17-2)15-7-6-11-9-16-14-5-4-12(18-3)8-13(11)14/h4-5,8-9,16H,6-7H2,1-3H3. The molecule has 0 aliphatic carbocycles. The Morgan fingerprint density at radius 1 is 1.33 bits per heavy atom. The largest absolute Gasteiger partial charge is 0.497 e. The number of aliphatic imine (C=N–C) groups is 1. The minimum atomic E-state index is 0.715. The first-order valence-corrected chi connectivity index (χ1v) is 5.93. The van der Waals surface area contributed by atoms with Crippen LogP contribution in [0.4, 0.5) is 0 Å². The summed E-state index contributed by atoms with van der Waals surface area (Å²) < 4.78 is 10.3. The lowest BCUT2D eigenvalue weighted by Crippen LogP contribution is -1.97. The lowest BCUT2D eigenvalue weighted by Gasteiger charge is -2.01. The Morgan fingerprint density at radius 2 is 2.17 bits per heavy atom. The van der Waals surface area contributed by atoms with Crippen molar-refractivity contribution in [3.8, 4) is 5.75 Å². The van der Waals surface area contributed by atoms with Gasteiger partial charge in [0.05, 0.1) is 14.2 Å². The predicted octanol–water partition coefficient (Wildman–Crippen LogP) is 2.78. The number of methoxy groups -OCH3 is 2. The van der Waals surface area contributed by atoms with E-state index in [2.05, 4.69) is 9.98 Å². The number of hydrogen-bond donors (Lipinski definition) is 1. The van der Waals surface area contributed by atoms with Crippen molar-refractivity contribution in [2.75, 3.05) is 20.8 Å². The highest BCUT2D eigenvalue weighted by atomic mass is 16.5. The third-order valence-corrected chi connectivity index (χ3v) is 2.99. The summed E-state index contributed by atoms with van der Waals surface area (Å²) in [7, 11) is 3.31. The Hall–Kier alpha value is -1.97. The molecule has 4 nitrogen and oxygen atoms in total. The van der Waals surface area contributed by atoms with Crippen LogP contribution >= 0.6 is 0 Å². The van der Waals surface area contributed by atoms with Crippen molar-refractivity contribution in [2.24, 2.45) is 4.99 Å². The second kappa shape index (κ2) is 5.58. The molecule has 1 heterocycles. The fraction of sp³-hybridized carbons (Fsp3) is 0.357. The van der Waals surface area contributed by atoms with Crippen molar-refractivity contribution in [3.63, 3.8) is 0 Å². The van der Waals surface area contributed by atoms with Gasteiger partial charge in [0.15, 0.2) is 5.90 Å². The molecule has 0 saturated carbocycles. The van der Waals surface area contributed by atoms with Crippen molar-refractivity contribution in [3.05, 3.63) is 30.0 Å². The summed E-state index contributed by atoms with van der Waals surface area (Å²) in [6.45, 7) is 2.59. The van der Waals surface area contributed by atoms with Crippen LogP contribution in [0.5, 0.6) is 5.75 Å². The second-order valence-electron chi connectivity index (χ2n) is 4.08. The Bertz CT molecular complexity index is 558. The summed E-state index contributed by atoms with van der Waals surface area (Å²) in [5.41, 5.74) is 2.37. The number of fused-ring (bicyclic) bond motifs is 1. The van der Waals surface area contributed by atoms with Crippen LogP contribution in [0.25, 0.3) is 10.9 Å². The zero-order valence-electron chi connectivity index (χ0n) is 11.0. The third-order valence-electron chi connectivity index (χ3n) is 2.99. The average Bonchev–Trinajstić information content (AvgIpc) is 2.81. The molecule has 0 amide bonds. The Kier molecular flexibility index (Phi) is 3.87. The first-order valence-electron chi connectivity index (χ1n) is 5.93. The van der Waals surface area contributed by atoms with Gasteiger partial charge in [0.1, 0.15) is 5.75 Å². The highest BCUT2D eigenvalue weighted by Crippen LogP contribution is 2.23. The van der Waals surface area contributed by atoms with Crippen LogP contribution in [0.1, 0.15) is 12.5 Å². The number of rotatable bonds is 4. The molecule has 2 rings (SSSR count). The Labute approximate surface area is 107 Å². The number of ether oxygens (including phenoxy) is 2. The van der Waals surface area contributed by atoms with E-state index in [9.17, 15) is 0 Å². The fourth-order valence-electron chi connectivity index (χ4n) is 1.89. The van der Waals surface area contributed by atoms with Crippen molar-refractivity contribution in [1.82, 2.24) is 4.98 Å². The molecular formula is C14H18N2O2. The minimum Gasteiger partial charge on any atom is -0.497 e. The zero-order valence-corrected chi connectivity index (χ0v) is 11.0. The van der Waals surface area contributed by atoms with E-state index in [1.165, 1.54) is 10.9 Å². The Balaban J connectivity index is 2.18. The van der Waals surface area contributed by atoms with Crippen LogP contribution in [-0.4, -0.2) is 31.6 Å². The first kappa shape index (κ1) is 12.5. The maximum Gasteiger partial charge on any atom is 0.179 e. The number of aromatic amines is 1. The fourth-order valence-corrected chi connectivity index (χ4v) is 1.89. The average molecular weight is 246 g/mol. The second-order valence-corrected chi connectivity index (χ2v) is 4.08. The SMILES string of the molecule is COC(C)=NCCc1c[nH]c2ccc(OC)cc12. The third kappa shape index (κ3) is 2.64. The maximum absolute atomic E-state index is 5.25. The molecule has 0 atom stereocenters. The van der Waals surface area contributed by atoms with Crippen molar-refractivity contribution < 1.29 is 9.47 Å². The van der Waals surface area contributed by atoms with Crippen LogP contribution in [0.3, 0.4) is 0 Å². The summed E-state index contributed by atoms with van der Waals surface area (Å²) >= 11 is 0. The number of H-pyrrole nitrogens is 1. The van der Waals surface area contributed by atoms with Gasteiger partial charge in [-0.15, -0.1) is 0 Å². The molecule has 0 fully saturated rings. The highest BCUT2D eigenvalue weighted by Gasteiger charge is 2.04. The summed E-state index contributed by atoms with van der Waals surface area (Å²) in [5, 5.41) is 1.19. The van der Waals surface area contributed by atoms with E-state index in [0.717, 1.165) is 24.2 Å². The van der Waals surface area contributed by atoms with Gasteiger partial charge in [-0.3, -0.25) is 4.99 Å². The highest BCUT2D eigenvalue weighted by molar-refractivity contribution is 5.84. The predicted molar refractivity (Wildman–Crippen MR) is 73.5 cm³/mol. The van der Waals surface area contributed by atoms with E-state index in [1.54, 1.807) is 14.2 Å². The van der Waals surface area contributed by atoms with E-state index < -0.39 is 0 Å². The van der Waals surface area contributed by atoms with Crippen LogP contribution in [0.15, 0.2) is 29.4 Å². The smallest absolute Gasteiger partial charge is 0.179 e. The van der Waals surface area contributed by atoms with Gasteiger partial charge in [-0.1, -0.05) is 0 Å². The van der Waals surface area contributed by atoms with E-state index >= 15 is 0 Å². The molecular weight excluding hydrogens is 228 g/mol. The molecule has 1 aromatic carbocycles. The van der Waals surface area contributed by atoms with Crippen molar-refractivity contribution >= 4 is 16.8 Å². The summed E-state index contributed by atoms with van der Waals surface area (Å²) in [5.74, 6) is 1.59. The van der Waals surface area contributed by atoms with E-state index in [1.807, 2.05) is 31.3 Å². The molecule has 0 saturated heterocycles. The topological polar surface area (TPSA) is 46.6 Å². The van der Waals surface area contributed by atoms with Gasteiger partial charge < -0.3 is 14.5 Å². The molecule has 0 aliphatic heterocycles. The van der Waals surface area contributed by atoms with Crippen molar-refractivity contribution in [1.29, 1.82) is 0 Å². The van der Waals surface area contributed by atoms with E-state index in [0.29, 0.717) is 5.90 Å². The van der Waals surface area contributed by atoms with Crippen LogP contribution in [-0.2, 0) is 11.2 Å². The quantitative estimate of drug-likeness (QED) is 0.666. The van der Waals surface area contributed by atoms with Gasteiger partial charge in [0, 0.05) is 30.6 Å². The molecule has 18 heavy (non-hydrogen) atoms. The maximum atomic E-state index is 5.25. The number of benzene rings is 1. The lowest BCUT2D eigenvalue weighted by atomic mass is 10.1. The normalized spacial score (nSPS) is 11.8. The van der Waals surface area contributed by atoms with Gasteiger partial charge in [-0.2, -0.15) is 0 Å². The summed E-state index contributed by atoms with van der Waals surface area (Å²) in [4.78, 5) is 7.57. The van der Waals surface area contributed by atoms with Gasteiger partial charge in [0.2, 0.25) is 0 Å². The van der Waals surface area contributed by atoms with Crippen LogP contribution in [0, 0.1) is 0 Å². The van der Waals surface area contributed by atoms with Crippen LogP contribution in [0.2, 0.25) is 0 Å². The monoisotopic (exact) mass is 246 g/mol.